The predicted octanol–water partition coefficient (Wildman–Crippen LogP) is 3.09. The van der Waals surface area contributed by atoms with E-state index in [1.165, 1.54) is 10.8 Å². The Kier molecular flexibility index (Phi) is 3.94. The third kappa shape index (κ3) is 3.11. The number of fused-ring (bicyclic) bond motifs is 3. The van der Waals surface area contributed by atoms with E-state index in [2.05, 4.69) is 30.4 Å². The summed E-state index contributed by atoms with van der Waals surface area (Å²) in [4.78, 5) is 8.53. The van der Waals surface area contributed by atoms with E-state index < -0.39 is 11.9 Å². The molecule has 0 spiro atoms. The Morgan fingerprint density at radius 3 is 2.70 bits per heavy atom. The van der Waals surface area contributed by atoms with Crippen LogP contribution in [0.25, 0.3) is 22.4 Å². The lowest BCUT2D eigenvalue weighted by Crippen LogP contribution is -2.07. The van der Waals surface area contributed by atoms with E-state index in [0.29, 0.717) is 22.4 Å². The van der Waals surface area contributed by atoms with Crippen LogP contribution in [0.4, 0.5) is 13.2 Å². The van der Waals surface area contributed by atoms with Gasteiger partial charge in [-0.3, -0.25) is 5.10 Å². The van der Waals surface area contributed by atoms with Crippen LogP contribution in [0.5, 0.6) is 5.88 Å². The molecule has 0 atom stereocenters. The smallest absolute Gasteiger partial charge is 0.435 e. The minimum atomic E-state index is -4.60. The maximum absolute atomic E-state index is 13.2. The fourth-order valence-corrected chi connectivity index (χ4v) is 2.96. The molecular formula is C18H13F3N8O. The maximum Gasteiger partial charge on any atom is 0.435 e. The highest BCUT2D eigenvalue weighted by Gasteiger charge is 2.35. The fraction of sp³-hybridized carbons (Fsp3) is 0.167. The second kappa shape index (κ2) is 6.54. The number of ether oxygens (including phenoxy) is 1. The number of hydrogen-bond acceptors (Lipinski definition) is 6. The molecule has 1 aromatic carbocycles. The van der Waals surface area contributed by atoms with Gasteiger partial charge in [-0.05, 0) is 19.1 Å². The van der Waals surface area contributed by atoms with Crippen molar-refractivity contribution in [3.05, 3.63) is 59.9 Å². The van der Waals surface area contributed by atoms with Gasteiger partial charge in [0.15, 0.2) is 29.4 Å². The zero-order chi connectivity index (χ0) is 20.9. The number of aromatic nitrogens is 8. The van der Waals surface area contributed by atoms with Crippen LogP contribution in [0.1, 0.15) is 17.1 Å². The molecule has 0 aliphatic heterocycles. The van der Waals surface area contributed by atoms with Crippen molar-refractivity contribution >= 4 is 16.7 Å². The van der Waals surface area contributed by atoms with Gasteiger partial charge in [0.2, 0.25) is 5.88 Å². The molecule has 0 aliphatic carbocycles. The average molecular weight is 414 g/mol. The summed E-state index contributed by atoms with van der Waals surface area (Å²) in [7, 11) is 0. The molecule has 152 valence electrons. The normalized spacial score (nSPS) is 12.1. The summed E-state index contributed by atoms with van der Waals surface area (Å²) in [5.41, 5.74) is 1.42. The SMILES string of the molecule is Cc1ccc(-n2nc(C(F)(F)F)cc2OCc2nc3c4cn[nH]c4ncn3n2)cc1. The lowest BCUT2D eigenvalue weighted by Gasteiger charge is -2.08. The van der Waals surface area contributed by atoms with Gasteiger partial charge in [0, 0.05) is 6.07 Å². The number of alkyl halides is 3. The predicted molar refractivity (Wildman–Crippen MR) is 98.1 cm³/mol. The van der Waals surface area contributed by atoms with Crippen LogP contribution in [0.15, 0.2) is 42.9 Å². The quantitative estimate of drug-likeness (QED) is 0.485. The zero-order valence-electron chi connectivity index (χ0n) is 15.4. The molecule has 12 heteroatoms. The number of rotatable bonds is 4. The Morgan fingerprint density at radius 1 is 1.13 bits per heavy atom. The Balaban J connectivity index is 1.48. The van der Waals surface area contributed by atoms with Gasteiger partial charge >= 0.3 is 6.18 Å². The van der Waals surface area contributed by atoms with Crippen LogP contribution >= 0.6 is 0 Å². The summed E-state index contributed by atoms with van der Waals surface area (Å²) in [6.45, 7) is 1.72. The summed E-state index contributed by atoms with van der Waals surface area (Å²) >= 11 is 0. The molecule has 0 unspecified atom stereocenters. The first-order valence-corrected chi connectivity index (χ1v) is 8.79. The molecular weight excluding hydrogens is 401 g/mol. The van der Waals surface area contributed by atoms with Crippen LogP contribution in [0.3, 0.4) is 0 Å². The largest absolute Gasteiger partial charge is 0.469 e. The summed E-state index contributed by atoms with van der Waals surface area (Å²) in [5, 5.41) is 15.2. The first-order valence-electron chi connectivity index (χ1n) is 8.79. The third-order valence-electron chi connectivity index (χ3n) is 4.43. The zero-order valence-corrected chi connectivity index (χ0v) is 15.4. The van der Waals surface area contributed by atoms with E-state index in [0.717, 1.165) is 16.3 Å². The fourth-order valence-electron chi connectivity index (χ4n) is 2.96. The van der Waals surface area contributed by atoms with E-state index in [4.69, 9.17) is 4.74 Å². The molecule has 0 aliphatic rings. The van der Waals surface area contributed by atoms with Crippen molar-refractivity contribution in [1.82, 2.24) is 39.6 Å². The van der Waals surface area contributed by atoms with Gasteiger partial charge in [-0.1, -0.05) is 17.7 Å². The molecule has 1 N–H and O–H groups in total. The van der Waals surface area contributed by atoms with Gasteiger partial charge in [0.25, 0.3) is 0 Å². The second-order valence-electron chi connectivity index (χ2n) is 6.57. The minimum Gasteiger partial charge on any atom is -0.469 e. The number of halogens is 3. The molecule has 30 heavy (non-hydrogen) atoms. The van der Waals surface area contributed by atoms with E-state index in [1.54, 1.807) is 30.5 Å². The van der Waals surface area contributed by atoms with Crippen LogP contribution in [0.2, 0.25) is 0 Å². The Morgan fingerprint density at radius 2 is 1.93 bits per heavy atom. The summed E-state index contributed by atoms with van der Waals surface area (Å²) in [6, 6.07) is 7.74. The number of benzene rings is 1. The summed E-state index contributed by atoms with van der Waals surface area (Å²) < 4.78 is 47.8. The number of nitrogens with zero attached hydrogens (tertiary/aromatic N) is 7. The number of nitrogens with one attached hydrogen (secondary N) is 1. The molecule has 0 radical (unpaired) electrons. The lowest BCUT2D eigenvalue weighted by atomic mass is 10.2. The number of aryl methyl sites for hydroxylation is 1. The van der Waals surface area contributed by atoms with Crippen LogP contribution in [0, 0.1) is 6.92 Å². The van der Waals surface area contributed by atoms with E-state index in [-0.39, 0.29) is 18.3 Å². The second-order valence-corrected chi connectivity index (χ2v) is 6.57. The minimum absolute atomic E-state index is 0.0726. The molecule has 5 aromatic rings. The van der Waals surface area contributed by atoms with Gasteiger partial charge in [-0.15, -0.1) is 5.10 Å². The van der Waals surface area contributed by atoms with Crippen molar-refractivity contribution in [3.63, 3.8) is 0 Å². The van der Waals surface area contributed by atoms with Crippen molar-refractivity contribution in [2.75, 3.05) is 0 Å². The van der Waals surface area contributed by atoms with Crippen molar-refractivity contribution in [2.24, 2.45) is 0 Å². The van der Waals surface area contributed by atoms with Crippen LogP contribution in [-0.4, -0.2) is 39.6 Å². The molecule has 0 saturated carbocycles. The maximum atomic E-state index is 13.2. The Hall–Kier alpha value is -3.96. The molecule has 0 bridgehead atoms. The number of hydrogen-bond donors (Lipinski definition) is 1. The van der Waals surface area contributed by atoms with Crippen LogP contribution < -0.4 is 4.74 Å². The Labute approximate surface area is 166 Å². The van der Waals surface area contributed by atoms with Gasteiger partial charge in [0.1, 0.15) is 6.33 Å². The molecule has 0 amide bonds. The molecule has 4 aromatic heterocycles. The molecule has 0 saturated heterocycles. The first-order chi connectivity index (χ1) is 14.4. The monoisotopic (exact) mass is 414 g/mol. The molecule has 9 nitrogen and oxygen atoms in total. The lowest BCUT2D eigenvalue weighted by molar-refractivity contribution is -0.141. The van der Waals surface area contributed by atoms with Crippen molar-refractivity contribution in [1.29, 1.82) is 0 Å². The van der Waals surface area contributed by atoms with Gasteiger partial charge in [0.05, 0.1) is 17.3 Å². The molecule has 5 rings (SSSR count). The van der Waals surface area contributed by atoms with Crippen molar-refractivity contribution in [2.45, 2.75) is 19.7 Å². The summed E-state index contributed by atoms with van der Waals surface area (Å²) in [5.74, 6) is 0.201. The number of aromatic amines is 1. The highest BCUT2D eigenvalue weighted by atomic mass is 19.4. The van der Waals surface area contributed by atoms with Crippen LogP contribution in [-0.2, 0) is 12.8 Å². The van der Waals surface area contributed by atoms with Gasteiger partial charge in [-0.25, -0.2) is 19.2 Å². The van der Waals surface area contributed by atoms with E-state index in [1.807, 2.05) is 6.92 Å². The first kappa shape index (κ1) is 18.1. The highest BCUT2D eigenvalue weighted by molar-refractivity contribution is 5.87. The standard InChI is InChI=1S/C18H13F3N8O/c1-10-2-4-11(5-3-10)29-15(6-13(26-29)18(19,20)21)30-8-14-24-17-12-7-23-25-16(12)22-9-28(17)27-14/h2-7,9H,8H2,1H3,(H,23,25). The number of H-pyrrole nitrogens is 1. The Bertz CT molecular complexity index is 1350. The van der Waals surface area contributed by atoms with E-state index in [9.17, 15) is 13.2 Å². The van der Waals surface area contributed by atoms with Gasteiger partial charge < -0.3 is 4.74 Å². The molecule has 4 heterocycles. The summed E-state index contributed by atoms with van der Waals surface area (Å²) in [6.07, 6.45) is -1.57. The third-order valence-corrected chi connectivity index (χ3v) is 4.43. The topological polar surface area (TPSA) is 98.8 Å². The highest BCUT2D eigenvalue weighted by Crippen LogP contribution is 2.32. The average Bonchev–Trinajstić information content (AvgIpc) is 3.43. The van der Waals surface area contributed by atoms with Gasteiger partial charge in [-0.2, -0.15) is 23.4 Å². The molecule has 0 fully saturated rings. The van der Waals surface area contributed by atoms with Crippen molar-refractivity contribution in [3.8, 4) is 11.6 Å². The van der Waals surface area contributed by atoms with E-state index >= 15 is 0 Å². The van der Waals surface area contributed by atoms with Crippen molar-refractivity contribution < 1.29 is 17.9 Å².